The summed E-state index contributed by atoms with van der Waals surface area (Å²) in [7, 11) is 1.34. The van der Waals surface area contributed by atoms with Crippen LogP contribution >= 0.6 is 0 Å². The molecule has 1 rings (SSSR count). The van der Waals surface area contributed by atoms with Crippen molar-refractivity contribution in [3.05, 3.63) is 47.7 Å². The average molecular weight is 285 g/mol. The summed E-state index contributed by atoms with van der Waals surface area (Å²) in [5, 5.41) is 3.03. The summed E-state index contributed by atoms with van der Waals surface area (Å²) in [6, 6.07) is 3.40. The van der Waals surface area contributed by atoms with Gasteiger partial charge in [0.05, 0.1) is 12.7 Å². The highest BCUT2D eigenvalue weighted by Gasteiger charge is 2.31. The molecule has 5 heteroatoms. The molecule has 0 unspecified atom stereocenters. The molecule has 0 aliphatic rings. The molecule has 0 bridgehead atoms. The fourth-order valence-electron chi connectivity index (χ4n) is 1.67. The molecule has 2 nitrogen and oxygen atoms in total. The van der Waals surface area contributed by atoms with Crippen LogP contribution in [0.15, 0.2) is 36.6 Å². The Balaban J connectivity index is 3.16. The predicted octanol–water partition coefficient (Wildman–Crippen LogP) is 4.24. The minimum absolute atomic E-state index is 0.161. The summed E-state index contributed by atoms with van der Waals surface area (Å²) < 4.78 is 43.0. The van der Waals surface area contributed by atoms with Crippen LogP contribution in [-0.2, 0) is 6.18 Å². The number of alkyl halides is 3. The Kier molecular flexibility index (Phi) is 5.25. The van der Waals surface area contributed by atoms with Gasteiger partial charge in [-0.1, -0.05) is 12.6 Å². The molecular weight excluding hydrogens is 267 g/mol. The van der Waals surface area contributed by atoms with Crippen molar-refractivity contribution >= 4 is 5.57 Å². The molecule has 0 aliphatic carbocycles. The fraction of sp³-hybridized carbons (Fsp3) is 0.333. The monoisotopic (exact) mass is 285 g/mol. The Morgan fingerprint density at radius 3 is 2.55 bits per heavy atom. The Labute approximate surface area is 116 Å². The van der Waals surface area contributed by atoms with Gasteiger partial charge in [-0.05, 0) is 43.3 Å². The van der Waals surface area contributed by atoms with Crippen molar-refractivity contribution in [3.8, 4) is 5.75 Å². The first kappa shape index (κ1) is 16.1. The van der Waals surface area contributed by atoms with Crippen molar-refractivity contribution in [2.75, 3.05) is 13.7 Å². The van der Waals surface area contributed by atoms with Gasteiger partial charge < -0.3 is 10.1 Å². The van der Waals surface area contributed by atoms with Crippen LogP contribution in [0.5, 0.6) is 5.75 Å². The second-order valence-corrected chi connectivity index (χ2v) is 4.28. The molecule has 0 amide bonds. The largest absolute Gasteiger partial charge is 0.496 e. The average Bonchev–Trinajstić information content (AvgIpc) is 2.42. The highest BCUT2D eigenvalue weighted by molar-refractivity contribution is 5.80. The maximum absolute atomic E-state index is 12.7. The summed E-state index contributed by atoms with van der Waals surface area (Å²) >= 11 is 0. The fourth-order valence-corrected chi connectivity index (χ4v) is 1.67. The summed E-state index contributed by atoms with van der Waals surface area (Å²) in [6.07, 6.45) is -2.61. The number of rotatable bonds is 5. The molecule has 0 saturated heterocycles. The molecule has 0 heterocycles. The maximum Gasteiger partial charge on any atom is 0.416 e. The van der Waals surface area contributed by atoms with Gasteiger partial charge in [0.1, 0.15) is 5.75 Å². The van der Waals surface area contributed by atoms with Gasteiger partial charge >= 0.3 is 6.18 Å². The number of nitrogens with one attached hydrogen (secondary N) is 1. The second kappa shape index (κ2) is 6.50. The lowest BCUT2D eigenvalue weighted by molar-refractivity contribution is -0.137. The van der Waals surface area contributed by atoms with Gasteiger partial charge in [-0.3, -0.25) is 0 Å². The topological polar surface area (TPSA) is 21.3 Å². The molecule has 0 atom stereocenters. The van der Waals surface area contributed by atoms with Gasteiger partial charge in [0.2, 0.25) is 0 Å². The van der Waals surface area contributed by atoms with Crippen molar-refractivity contribution in [2.24, 2.45) is 0 Å². The molecule has 110 valence electrons. The van der Waals surface area contributed by atoms with Gasteiger partial charge in [0.15, 0.2) is 0 Å². The minimum Gasteiger partial charge on any atom is -0.496 e. The third-order valence-electron chi connectivity index (χ3n) is 2.85. The zero-order valence-corrected chi connectivity index (χ0v) is 11.8. The van der Waals surface area contributed by atoms with Gasteiger partial charge in [-0.2, -0.15) is 13.2 Å². The number of hydrogen-bond acceptors (Lipinski definition) is 2. The minimum atomic E-state index is -4.39. The van der Waals surface area contributed by atoms with Crippen molar-refractivity contribution < 1.29 is 17.9 Å². The first-order valence-corrected chi connectivity index (χ1v) is 6.16. The standard InChI is InChI=1S/C15H18F3NO/c1-5-19-9-10(2)11(3)13-7-6-12(15(16,17)18)8-14(13)20-4/h6-9,19H,3,5H2,1-2,4H3/b10-9+. The van der Waals surface area contributed by atoms with E-state index in [1.807, 2.05) is 13.8 Å². The number of benzene rings is 1. The SMILES string of the molecule is C=C(/C(C)=C/NCC)c1ccc(C(F)(F)F)cc1OC. The van der Waals surface area contributed by atoms with Crippen LogP contribution in [-0.4, -0.2) is 13.7 Å². The third kappa shape index (κ3) is 3.79. The molecule has 0 aromatic heterocycles. The lowest BCUT2D eigenvalue weighted by Gasteiger charge is -2.15. The maximum atomic E-state index is 12.7. The van der Waals surface area contributed by atoms with Crippen LogP contribution < -0.4 is 10.1 Å². The van der Waals surface area contributed by atoms with E-state index in [9.17, 15) is 13.2 Å². The highest BCUT2D eigenvalue weighted by atomic mass is 19.4. The Morgan fingerprint density at radius 2 is 2.05 bits per heavy atom. The van der Waals surface area contributed by atoms with Crippen LogP contribution in [0.2, 0.25) is 0 Å². The summed E-state index contributed by atoms with van der Waals surface area (Å²) in [5.41, 5.74) is 1.27. The first-order chi connectivity index (χ1) is 9.31. The summed E-state index contributed by atoms with van der Waals surface area (Å²) in [4.78, 5) is 0. The van der Waals surface area contributed by atoms with Gasteiger partial charge in [-0.25, -0.2) is 0 Å². The zero-order valence-electron chi connectivity index (χ0n) is 11.8. The van der Waals surface area contributed by atoms with E-state index in [0.29, 0.717) is 11.1 Å². The van der Waals surface area contributed by atoms with Crippen molar-refractivity contribution in [3.63, 3.8) is 0 Å². The molecule has 20 heavy (non-hydrogen) atoms. The third-order valence-corrected chi connectivity index (χ3v) is 2.85. The Bertz CT molecular complexity index is 518. The number of methoxy groups -OCH3 is 1. The van der Waals surface area contributed by atoms with E-state index in [1.165, 1.54) is 13.2 Å². The molecule has 0 spiro atoms. The van der Waals surface area contributed by atoms with Gasteiger partial charge in [0, 0.05) is 12.1 Å². The number of hydrogen-bond donors (Lipinski definition) is 1. The van der Waals surface area contributed by atoms with Crippen LogP contribution in [0.4, 0.5) is 13.2 Å². The Morgan fingerprint density at radius 1 is 1.40 bits per heavy atom. The lowest BCUT2D eigenvalue weighted by atomic mass is 9.98. The Hall–Kier alpha value is -1.91. The van der Waals surface area contributed by atoms with Gasteiger partial charge in [-0.15, -0.1) is 0 Å². The van der Waals surface area contributed by atoms with Crippen molar-refractivity contribution in [1.82, 2.24) is 5.32 Å². The van der Waals surface area contributed by atoms with Crippen molar-refractivity contribution in [2.45, 2.75) is 20.0 Å². The van der Waals surface area contributed by atoms with E-state index in [0.717, 1.165) is 24.3 Å². The van der Waals surface area contributed by atoms with E-state index >= 15 is 0 Å². The second-order valence-electron chi connectivity index (χ2n) is 4.28. The molecule has 0 aliphatic heterocycles. The number of allylic oxidation sites excluding steroid dienone is 2. The molecule has 0 fully saturated rings. The quantitative estimate of drug-likeness (QED) is 0.817. The smallest absolute Gasteiger partial charge is 0.416 e. The van der Waals surface area contributed by atoms with E-state index in [-0.39, 0.29) is 5.75 Å². The summed E-state index contributed by atoms with van der Waals surface area (Å²) in [6.45, 7) is 8.45. The van der Waals surface area contributed by atoms with Crippen LogP contribution in [0.25, 0.3) is 5.57 Å². The van der Waals surface area contributed by atoms with Crippen LogP contribution in [0.3, 0.4) is 0 Å². The highest BCUT2D eigenvalue weighted by Crippen LogP contribution is 2.36. The lowest BCUT2D eigenvalue weighted by Crippen LogP contribution is -2.06. The van der Waals surface area contributed by atoms with Crippen LogP contribution in [0.1, 0.15) is 25.0 Å². The normalized spacial score (nSPS) is 12.2. The van der Waals surface area contributed by atoms with E-state index in [4.69, 9.17) is 4.74 Å². The van der Waals surface area contributed by atoms with Gasteiger partial charge in [0.25, 0.3) is 0 Å². The first-order valence-electron chi connectivity index (χ1n) is 6.16. The molecule has 1 aromatic carbocycles. The molecular formula is C15H18F3NO. The van der Waals surface area contributed by atoms with Crippen molar-refractivity contribution in [1.29, 1.82) is 0 Å². The number of ether oxygens (including phenoxy) is 1. The molecule has 0 saturated carbocycles. The molecule has 1 aromatic rings. The predicted molar refractivity (Wildman–Crippen MR) is 74.5 cm³/mol. The molecule has 1 N–H and O–H groups in total. The van der Waals surface area contributed by atoms with E-state index in [1.54, 1.807) is 6.20 Å². The summed E-state index contributed by atoms with van der Waals surface area (Å²) in [5.74, 6) is 0.161. The zero-order chi connectivity index (χ0) is 15.3. The molecule has 0 radical (unpaired) electrons. The number of halogens is 3. The van der Waals surface area contributed by atoms with Crippen LogP contribution in [0, 0.1) is 0 Å². The van der Waals surface area contributed by atoms with E-state index in [2.05, 4.69) is 11.9 Å². The van der Waals surface area contributed by atoms with E-state index < -0.39 is 11.7 Å².